The number of halogens is 3. The van der Waals surface area contributed by atoms with Crippen molar-refractivity contribution in [1.29, 1.82) is 5.26 Å². The van der Waals surface area contributed by atoms with Gasteiger partial charge in [0.2, 0.25) is 0 Å². The number of rotatable bonds is 4. The molecule has 128 valence electrons. The number of amides is 1. The molecule has 1 N–H and O–H groups in total. The van der Waals surface area contributed by atoms with Gasteiger partial charge in [0.1, 0.15) is 29.0 Å². The molecule has 0 saturated heterocycles. The lowest BCUT2D eigenvalue weighted by Gasteiger charge is -2.12. The van der Waals surface area contributed by atoms with Crippen LogP contribution in [0, 0.1) is 29.9 Å². The summed E-state index contributed by atoms with van der Waals surface area (Å²) in [5.41, 5.74) is 0.0389. The topological polar surface area (TPSA) is 62.1 Å². The van der Waals surface area contributed by atoms with Gasteiger partial charge in [0.15, 0.2) is 0 Å². The summed E-state index contributed by atoms with van der Waals surface area (Å²) in [6.45, 7) is 1.73. The molecule has 7 heteroatoms. The predicted molar refractivity (Wildman–Crippen MR) is 91.3 cm³/mol. The molecule has 25 heavy (non-hydrogen) atoms. The van der Waals surface area contributed by atoms with Gasteiger partial charge in [-0.1, -0.05) is 17.7 Å². The Hall–Kier alpha value is -2.91. The summed E-state index contributed by atoms with van der Waals surface area (Å²) in [4.78, 5) is 12.3. The molecule has 0 spiro atoms. The molecule has 1 amide bonds. The number of hydrogen-bond acceptors (Lipinski definition) is 3. The van der Waals surface area contributed by atoms with E-state index in [4.69, 9.17) is 21.6 Å². The summed E-state index contributed by atoms with van der Waals surface area (Å²) in [6, 6.07) is 7.98. The highest BCUT2D eigenvalue weighted by atomic mass is 35.5. The molecule has 0 fully saturated rings. The van der Waals surface area contributed by atoms with Crippen molar-refractivity contribution in [2.24, 2.45) is 0 Å². The molecule has 2 aromatic carbocycles. The third-order valence-electron chi connectivity index (χ3n) is 3.38. The van der Waals surface area contributed by atoms with E-state index in [2.05, 4.69) is 5.32 Å². The van der Waals surface area contributed by atoms with E-state index in [-0.39, 0.29) is 5.69 Å². The monoisotopic (exact) mass is 362 g/mol. The van der Waals surface area contributed by atoms with Crippen LogP contribution in [-0.2, 0) is 4.79 Å². The van der Waals surface area contributed by atoms with Crippen LogP contribution >= 0.6 is 11.6 Å². The van der Waals surface area contributed by atoms with Crippen molar-refractivity contribution >= 4 is 29.3 Å². The molecule has 0 aliphatic heterocycles. The molecule has 4 nitrogen and oxygen atoms in total. The average molecular weight is 363 g/mol. The summed E-state index contributed by atoms with van der Waals surface area (Å²) in [5, 5.41) is 12.1. The number of ether oxygens (including phenoxy) is 1. The van der Waals surface area contributed by atoms with Crippen molar-refractivity contribution < 1.29 is 18.3 Å². The minimum Gasteiger partial charge on any atom is -0.495 e. The van der Waals surface area contributed by atoms with E-state index in [0.29, 0.717) is 16.3 Å². The largest absolute Gasteiger partial charge is 0.495 e. The minimum absolute atomic E-state index is 0.282. The van der Waals surface area contributed by atoms with Crippen molar-refractivity contribution in [3.05, 3.63) is 63.7 Å². The number of nitrogens with zero attached hydrogens (tertiary/aromatic N) is 1. The number of anilines is 1. The number of carbonyl (C=O) groups is 1. The summed E-state index contributed by atoms with van der Waals surface area (Å²) in [6.07, 6.45) is 0.856. The van der Waals surface area contributed by atoms with E-state index in [1.165, 1.54) is 19.2 Å². The van der Waals surface area contributed by atoms with E-state index in [9.17, 15) is 13.6 Å². The van der Waals surface area contributed by atoms with E-state index in [0.717, 1.165) is 18.2 Å². The van der Waals surface area contributed by atoms with Crippen molar-refractivity contribution in [3.63, 3.8) is 0 Å². The van der Waals surface area contributed by atoms with Gasteiger partial charge in [0.25, 0.3) is 5.91 Å². The first kappa shape index (κ1) is 18.4. The highest BCUT2D eigenvalue weighted by Gasteiger charge is 2.16. The van der Waals surface area contributed by atoms with Crippen molar-refractivity contribution in [2.45, 2.75) is 6.92 Å². The van der Waals surface area contributed by atoms with Gasteiger partial charge in [0.05, 0.1) is 12.8 Å². The lowest BCUT2D eigenvalue weighted by Crippen LogP contribution is -2.14. The fourth-order valence-corrected chi connectivity index (χ4v) is 2.21. The Kier molecular flexibility index (Phi) is 5.73. The van der Waals surface area contributed by atoms with Crippen molar-refractivity contribution in [1.82, 2.24) is 0 Å². The second kappa shape index (κ2) is 7.77. The standard InChI is InChI=1S/C18H13ClF2N2O2/c1-10-6-16(17(25-2)8-13(10)19)23-18(24)11(9-22)7-12-14(20)4-3-5-15(12)21/h3-8H,1-2H3,(H,23,24)/b11-7+. The van der Waals surface area contributed by atoms with Crippen molar-refractivity contribution in [2.75, 3.05) is 12.4 Å². The maximum atomic E-state index is 13.7. The van der Waals surface area contributed by atoms with Crippen LogP contribution in [0.25, 0.3) is 6.08 Å². The third-order valence-corrected chi connectivity index (χ3v) is 3.79. The fraction of sp³-hybridized carbons (Fsp3) is 0.111. The third kappa shape index (κ3) is 4.14. The number of benzene rings is 2. The first-order valence-electron chi connectivity index (χ1n) is 7.08. The second-order valence-corrected chi connectivity index (χ2v) is 5.47. The van der Waals surface area contributed by atoms with Crippen molar-refractivity contribution in [3.8, 4) is 11.8 Å². The number of nitriles is 1. The first-order chi connectivity index (χ1) is 11.9. The number of methoxy groups -OCH3 is 1. The lowest BCUT2D eigenvalue weighted by molar-refractivity contribution is -0.112. The molecule has 0 saturated carbocycles. The zero-order chi connectivity index (χ0) is 18.6. The van der Waals surface area contributed by atoms with E-state index in [1.54, 1.807) is 19.1 Å². The fourth-order valence-electron chi connectivity index (χ4n) is 2.06. The molecule has 0 unspecified atom stereocenters. The molecule has 0 aliphatic rings. The Morgan fingerprint density at radius 1 is 1.32 bits per heavy atom. The second-order valence-electron chi connectivity index (χ2n) is 5.06. The Morgan fingerprint density at radius 3 is 2.52 bits per heavy atom. The number of hydrogen-bond donors (Lipinski definition) is 1. The molecule has 0 aliphatic carbocycles. The zero-order valence-electron chi connectivity index (χ0n) is 13.4. The van der Waals surface area contributed by atoms with Crippen LogP contribution in [0.3, 0.4) is 0 Å². The smallest absolute Gasteiger partial charge is 0.266 e. The SMILES string of the molecule is COc1cc(Cl)c(C)cc1NC(=O)/C(C#N)=C/c1c(F)cccc1F. The summed E-state index contributed by atoms with van der Waals surface area (Å²) in [7, 11) is 1.40. The molecule has 0 aromatic heterocycles. The predicted octanol–water partition coefficient (Wildman–Crippen LogP) is 4.48. The van der Waals surface area contributed by atoms with Crippen LogP contribution in [0.5, 0.6) is 5.75 Å². The van der Waals surface area contributed by atoms with Crippen LogP contribution in [-0.4, -0.2) is 13.0 Å². The molecule has 0 radical (unpaired) electrons. The van der Waals surface area contributed by atoms with Gasteiger partial charge in [0, 0.05) is 16.7 Å². The minimum atomic E-state index is -0.875. The molecule has 0 heterocycles. The Balaban J connectivity index is 2.38. The van der Waals surface area contributed by atoms with Gasteiger partial charge in [-0.05, 0) is 36.8 Å². The Labute approximate surface area is 148 Å². The maximum absolute atomic E-state index is 13.7. The van der Waals surface area contributed by atoms with Crippen LogP contribution in [0.15, 0.2) is 35.9 Å². The van der Waals surface area contributed by atoms with E-state index >= 15 is 0 Å². The summed E-state index contributed by atoms with van der Waals surface area (Å²) >= 11 is 5.99. The molecule has 0 atom stereocenters. The Morgan fingerprint density at radius 2 is 1.96 bits per heavy atom. The highest BCUT2D eigenvalue weighted by Crippen LogP contribution is 2.31. The maximum Gasteiger partial charge on any atom is 0.266 e. The van der Waals surface area contributed by atoms with Gasteiger partial charge >= 0.3 is 0 Å². The number of carbonyl (C=O) groups excluding carboxylic acids is 1. The molecule has 2 aromatic rings. The Bertz CT molecular complexity index is 884. The van der Waals surface area contributed by atoms with E-state index < -0.39 is 28.7 Å². The molecular weight excluding hydrogens is 350 g/mol. The van der Waals surface area contributed by atoms with Gasteiger partial charge in [-0.15, -0.1) is 0 Å². The lowest BCUT2D eigenvalue weighted by atomic mass is 10.1. The highest BCUT2D eigenvalue weighted by molar-refractivity contribution is 6.31. The van der Waals surface area contributed by atoms with E-state index in [1.807, 2.05) is 0 Å². The quantitative estimate of drug-likeness (QED) is 0.644. The summed E-state index contributed by atoms with van der Waals surface area (Å²) in [5.74, 6) is -2.29. The van der Waals surface area contributed by atoms with Crippen LogP contribution in [0.1, 0.15) is 11.1 Å². The number of aryl methyl sites for hydroxylation is 1. The molecular formula is C18H13ClF2N2O2. The molecule has 2 rings (SSSR count). The normalized spacial score (nSPS) is 11.0. The van der Waals surface area contributed by atoms with Gasteiger partial charge in [-0.25, -0.2) is 8.78 Å². The van der Waals surface area contributed by atoms with Crippen LogP contribution in [0.2, 0.25) is 5.02 Å². The van der Waals surface area contributed by atoms with Gasteiger partial charge in [-0.2, -0.15) is 5.26 Å². The first-order valence-corrected chi connectivity index (χ1v) is 7.46. The van der Waals surface area contributed by atoms with Crippen LogP contribution in [0.4, 0.5) is 14.5 Å². The number of nitrogens with one attached hydrogen (secondary N) is 1. The average Bonchev–Trinajstić information content (AvgIpc) is 2.57. The zero-order valence-corrected chi connectivity index (χ0v) is 14.1. The summed E-state index contributed by atoms with van der Waals surface area (Å²) < 4.78 is 32.5. The van der Waals surface area contributed by atoms with Gasteiger partial charge in [-0.3, -0.25) is 4.79 Å². The van der Waals surface area contributed by atoms with Gasteiger partial charge < -0.3 is 10.1 Å². The molecule has 0 bridgehead atoms. The van der Waals surface area contributed by atoms with Crippen LogP contribution < -0.4 is 10.1 Å².